The quantitative estimate of drug-likeness (QED) is 0.560. The van der Waals surface area contributed by atoms with E-state index in [0.29, 0.717) is 12.8 Å². The van der Waals surface area contributed by atoms with Gasteiger partial charge in [-0.15, -0.1) is 0 Å². The van der Waals surface area contributed by atoms with Crippen LogP contribution in [0.25, 0.3) is 0 Å². The zero-order chi connectivity index (χ0) is 8.27. The van der Waals surface area contributed by atoms with Crippen molar-refractivity contribution >= 4 is 5.97 Å². The summed E-state index contributed by atoms with van der Waals surface area (Å²) in [5.74, 6) is -1.36. The minimum Gasteiger partial charge on any atom is -0.481 e. The molecular weight excluding hydrogens is 144 g/mol. The lowest BCUT2D eigenvalue weighted by atomic mass is 9.98. The maximum atomic E-state index is 10.6. The Balaban J connectivity index is 2.52. The molecule has 1 aliphatic carbocycles. The van der Waals surface area contributed by atoms with Crippen molar-refractivity contribution in [1.29, 1.82) is 0 Å². The van der Waals surface area contributed by atoms with Crippen molar-refractivity contribution in [3.8, 4) is 0 Å². The van der Waals surface area contributed by atoms with Crippen LogP contribution in [0.2, 0.25) is 0 Å². The van der Waals surface area contributed by atoms with E-state index in [9.17, 15) is 9.90 Å². The summed E-state index contributed by atoms with van der Waals surface area (Å²) in [4.78, 5) is 10.6. The summed E-state index contributed by atoms with van der Waals surface area (Å²) in [6.45, 7) is 0. The topological polar surface area (TPSA) is 57.5 Å². The predicted molar refractivity (Wildman–Crippen MR) is 40.2 cm³/mol. The third kappa shape index (κ3) is 2.19. The first kappa shape index (κ1) is 8.53. The van der Waals surface area contributed by atoms with Crippen molar-refractivity contribution in [2.24, 2.45) is 5.92 Å². The lowest BCUT2D eigenvalue weighted by Gasteiger charge is -2.14. The number of hydrogen-bond donors (Lipinski definition) is 2. The molecule has 11 heavy (non-hydrogen) atoms. The molecule has 2 N–H and O–H groups in total. The van der Waals surface area contributed by atoms with Gasteiger partial charge in [0.2, 0.25) is 0 Å². The van der Waals surface area contributed by atoms with Gasteiger partial charge in [0.1, 0.15) is 0 Å². The van der Waals surface area contributed by atoms with Crippen LogP contribution >= 0.6 is 0 Å². The highest BCUT2D eigenvalue weighted by molar-refractivity contribution is 5.70. The average Bonchev–Trinajstić information content (AvgIpc) is 2.13. The van der Waals surface area contributed by atoms with Crippen molar-refractivity contribution in [2.45, 2.75) is 38.2 Å². The smallest absolute Gasteiger partial charge is 0.309 e. The predicted octanol–water partition coefficient (Wildman–Crippen LogP) is 1.01. The highest BCUT2D eigenvalue weighted by atomic mass is 16.4. The number of carboxylic acid groups (broad SMARTS) is 1. The number of rotatable bonds is 1. The van der Waals surface area contributed by atoms with Gasteiger partial charge in [0.15, 0.2) is 0 Å². The maximum Gasteiger partial charge on any atom is 0.309 e. The van der Waals surface area contributed by atoms with Crippen LogP contribution < -0.4 is 0 Å². The minimum absolute atomic E-state index is 0.516. The molecule has 1 saturated carbocycles. The second-order valence-electron chi connectivity index (χ2n) is 3.15. The highest BCUT2D eigenvalue weighted by Gasteiger charge is 2.27. The fraction of sp³-hybridized carbons (Fsp3) is 0.875. The van der Waals surface area contributed by atoms with Gasteiger partial charge in [-0.3, -0.25) is 4.79 Å². The van der Waals surface area contributed by atoms with E-state index in [1.807, 2.05) is 0 Å². The molecule has 0 saturated heterocycles. The van der Waals surface area contributed by atoms with Crippen LogP contribution in [0.15, 0.2) is 0 Å². The van der Waals surface area contributed by atoms with E-state index in [1.165, 1.54) is 0 Å². The molecular formula is C8H14O3. The fourth-order valence-corrected chi connectivity index (χ4v) is 1.58. The minimum atomic E-state index is -0.848. The van der Waals surface area contributed by atoms with Crippen molar-refractivity contribution < 1.29 is 15.0 Å². The molecule has 0 spiro atoms. The largest absolute Gasteiger partial charge is 0.481 e. The van der Waals surface area contributed by atoms with Crippen LogP contribution in [0.3, 0.4) is 0 Å². The summed E-state index contributed by atoms with van der Waals surface area (Å²) < 4.78 is 0. The van der Waals surface area contributed by atoms with E-state index in [2.05, 4.69) is 0 Å². The van der Waals surface area contributed by atoms with Crippen LogP contribution in [0.4, 0.5) is 0 Å². The lowest BCUT2D eigenvalue weighted by Crippen LogP contribution is -2.26. The Kier molecular flexibility index (Phi) is 2.88. The number of hydrogen-bond acceptors (Lipinski definition) is 2. The third-order valence-corrected chi connectivity index (χ3v) is 2.30. The number of aliphatic carboxylic acids is 1. The first-order chi connectivity index (χ1) is 5.22. The lowest BCUT2D eigenvalue weighted by molar-refractivity contribution is -0.145. The molecule has 0 amide bonds. The Morgan fingerprint density at radius 1 is 1.18 bits per heavy atom. The normalized spacial score (nSPS) is 32.8. The van der Waals surface area contributed by atoms with Gasteiger partial charge >= 0.3 is 5.97 Å². The Labute approximate surface area is 66.0 Å². The van der Waals surface area contributed by atoms with Crippen molar-refractivity contribution in [3.05, 3.63) is 0 Å². The van der Waals surface area contributed by atoms with E-state index in [4.69, 9.17) is 5.11 Å². The monoisotopic (exact) mass is 158 g/mol. The Morgan fingerprint density at radius 2 is 1.82 bits per heavy atom. The molecule has 0 radical (unpaired) electrons. The van der Waals surface area contributed by atoms with Gasteiger partial charge in [-0.05, 0) is 12.8 Å². The Bertz CT molecular complexity index is 144. The Morgan fingerprint density at radius 3 is 2.45 bits per heavy atom. The second kappa shape index (κ2) is 3.72. The molecule has 0 heterocycles. The summed E-state index contributed by atoms with van der Waals surface area (Å²) in [6.07, 6.45) is 3.63. The van der Waals surface area contributed by atoms with Crippen LogP contribution in [0.1, 0.15) is 32.1 Å². The first-order valence-electron chi connectivity index (χ1n) is 4.12. The number of carboxylic acids is 1. The number of carbonyl (C=O) groups is 1. The zero-order valence-electron chi connectivity index (χ0n) is 6.49. The van der Waals surface area contributed by atoms with E-state index < -0.39 is 18.0 Å². The molecule has 64 valence electrons. The van der Waals surface area contributed by atoms with Crippen LogP contribution in [-0.2, 0) is 4.79 Å². The SMILES string of the molecule is O=C(O)[C@@H]1CCCCC[C@@H]1O. The van der Waals surface area contributed by atoms with E-state index in [-0.39, 0.29) is 0 Å². The molecule has 0 aliphatic heterocycles. The summed E-state index contributed by atoms with van der Waals surface area (Å²) in [5, 5.41) is 18.0. The van der Waals surface area contributed by atoms with Gasteiger partial charge in [-0.2, -0.15) is 0 Å². The molecule has 2 atom stereocenters. The maximum absolute atomic E-state index is 10.6. The standard InChI is InChI=1S/C8H14O3/c9-7-5-3-1-2-4-6(7)8(10)11/h6-7,9H,1-5H2,(H,10,11)/t6-,7+/m1/s1. The zero-order valence-corrected chi connectivity index (χ0v) is 6.49. The molecule has 1 fully saturated rings. The van der Waals surface area contributed by atoms with Crippen molar-refractivity contribution in [3.63, 3.8) is 0 Å². The number of aliphatic hydroxyl groups is 1. The molecule has 3 heteroatoms. The summed E-state index contributed by atoms with van der Waals surface area (Å²) in [7, 11) is 0. The summed E-state index contributed by atoms with van der Waals surface area (Å²) >= 11 is 0. The molecule has 0 aromatic carbocycles. The van der Waals surface area contributed by atoms with Crippen LogP contribution in [0, 0.1) is 5.92 Å². The highest BCUT2D eigenvalue weighted by Crippen LogP contribution is 2.23. The number of aliphatic hydroxyl groups excluding tert-OH is 1. The molecule has 0 aromatic heterocycles. The molecule has 1 aliphatic rings. The van der Waals surface area contributed by atoms with E-state index >= 15 is 0 Å². The van der Waals surface area contributed by atoms with Crippen LogP contribution in [-0.4, -0.2) is 22.3 Å². The molecule has 0 bridgehead atoms. The van der Waals surface area contributed by atoms with Gasteiger partial charge in [0, 0.05) is 0 Å². The molecule has 0 unspecified atom stereocenters. The molecule has 0 aromatic rings. The molecule has 3 nitrogen and oxygen atoms in total. The molecule has 1 rings (SSSR count). The van der Waals surface area contributed by atoms with Crippen LogP contribution in [0.5, 0.6) is 0 Å². The fourth-order valence-electron chi connectivity index (χ4n) is 1.58. The van der Waals surface area contributed by atoms with Gasteiger partial charge in [-0.25, -0.2) is 0 Å². The van der Waals surface area contributed by atoms with E-state index in [1.54, 1.807) is 0 Å². The second-order valence-corrected chi connectivity index (χ2v) is 3.15. The van der Waals surface area contributed by atoms with E-state index in [0.717, 1.165) is 19.3 Å². The summed E-state index contributed by atoms with van der Waals surface area (Å²) in [5.41, 5.74) is 0. The van der Waals surface area contributed by atoms with Gasteiger partial charge < -0.3 is 10.2 Å². The summed E-state index contributed by atoms with van der Waals surface area (Å²) in [6, 6.07) is 0. The van der Waals surface area contributed by atoms with Gasteiger partial charge in [0.25, 0.3) is 0 Å². The Hall–Kier alpha value is -0.570. The van der Waals surface area contributed by atoms with Crippen molar-refractivity contribution in [1.82, 2.24) is 0 Å². The van der Waals surface area contributed by atoms with Gasteiger partial charge in [-0.1, -0.05) is 19.3 Å². The average molecular weight is 158 g/mol. The third-order valence-electron chi connectivity index (χ3n) is 2.30. The van der Waals surface area contributed by atoms with Crippen molar-refractivity contribution in [2.75, 3.05) is 0 Å². The first-order valence-corrected chi connectivity index (χ1v) is 4.12. The van der Waals surface area contributed by atoms with Gasteiger partial charge in [0.05, 0.1) is 12.0 Å².